The predicted octanol–water partition coefficient (Wildman–Crippen LogP) is 3.24. The summed E-state index contributed by atoms with van der Waals surface area (Å²) in [5, 5.41) is 8.77. The maximum absolute atomic E-state index is 10.7. The average Bonchev–Trinajstić information content (AvgIpc) is 2.54. The molecule has 5 heteroatoms. The molecule has 2 aromatic rings. The maximum atomic E-state index is 10.7. The van der Waals surface area contributed by atoms with Crippen molar-refractivity contribution in [2.24, 2.45) is 0 Å². The lowest BCUT2D eigenvalue weighted by Gasteiger charge is -2.36. The molecule has 1 fully saturated rings. The predicted molar refractivity (Wildman–Crippen MR) is 86.6 cm³/mol. The fraction of sp³-hybridized carbons (Fsp3) is 0.278. The van der Waals surface area contributed by atoms with E-state index >= 15 is 0 Å². The van der Waals surface area contributed by atoms with Crippen LogP contribution in [0.15, 0.2) is 48.5 Å². The lowest BCUT2D eigenvalue weighted by molar-refractivity contribution is -0.0522. The summed E-state index contributed by atoms with van der Waals surface area (Å²) in [7, 11) is 1.65. The first-order valence-electron chi connectivity index (χ1n) is 7.48. The van der Waals surface area contributed by atoms with Crippen molar-refractivity contribution in [2.45, 2.75) is 12.7 Å². The van der Waals surface area contributed by atoms with Gasteiger partial charge in [0.15, 0.2) is 0 Å². The molecule has 0 aliphatic carbocycles. The molecule has 5 nitrogen and oxygen atoms in total. The first-order chi connectivity index (χ1) is 11.2. The summed E-state index contributed by atoms with van der Waals surface area (Å²) < 4.78 is 10.9. The van der Waals surface area contributed by atoms with Crippen LogP contribution in [0.25, 0.3) is 11.1 Å². The van der Waals surface area contributed by atoms with Crippen LogP contribution in [-0.2, 0) is 11.3 Å². The van der Waals surface area contributed by atoms with Crippen molar-refractivity contribution in [1.82, 2.24) is 4.90 Å². The number of likely N-dealkylation sites (tertiary alicyclic amines) is 1. The third-order valence-electron chi connectivity index (χ3n) is 3.98. The SMILES string of the molecule is COc1ccc(-c2ccc(COC3CN(C(=O)O)C3)cc2)cc1. The van der Waals surface area contributed by atoms with E-state index < -0.39 is 6.09 Å². The number of ether oxygens (including phenoxy) is 2. The zero-order valence-corrected chi connectivity index (χ0v) is 12.9. The molecule has 0 saturated carbocycles. The molecule has 2 aromatic carbocycles. The van der Waals surface area contributed by atoms with Crippen molar-refractivity contribution in [3.05, 3.63) is 54.1 Å². The minimum Gasteiger partial charge on any atom is -0.497 e. The summed E-state index contributed by atoms with van der Waals surface area (Å²) in [6.45, 7) is 1.42. The van der Waals surface area contributed by atoms with E-state index in [-0.39, 0.29) is 6.10 Å². The maximum Gasteiger partial charge on any atom is 0.407 e. The van der Waals surface area contributed by atoms with Gasteiger partial charge in [0.1, 0.15) is 5.75 Å². The fourth-order valence-electron chi connectivity index (χ4n) is 2.49. The molecule has 1 N–H and O–H groups in total. The molecule has 1 heterocycles. The number of carbonyl (C=O) groups is 1. The Hall–Kier alpha value is -2.53. The van der Waals surface area contributed by atoms with Gasteiger partial charge in [0.2, 0.25) is 0 Å². The highest BCUT2D eigenvalue weighted by Gasteiger charge is 2.30. The van der Waals surface area contributed by atoms with Gasteiger partial charge in [-0.2, -0.15) is 0 Å². The molecular weight excluding hydrogens is 294 g/mol. The van der Waals surface area contributed by atoms with E-state index in [1.54, 1.807) is 7.11 Å². The Morgan fingerprint density at radius 2 is 1.65 bits per heavy atom. The van der Waals surface area contributed by atoms with E-state index in [4.69, 9.17) is 14.6 Å². The molecule has 0 bridgehead atoms. The van der Waals surface area contributed by atoms with E-state index in [2.05, 4.69) is 12.1 Å². The van der Waals surface area contributed by atoms with Gasteiger partial charge in [-0.05, 0) is 28.8 Å². The first-order valence-corrected chi connectivity index (χ1v) is 7.48. The second-order valence-electron chi connectivity index (χ2n) is 5.55. The topological polar surface area (TPSA) is 59.0 Å². The monoisotopic (exact) mass is 313 g/mol. The zero-order valence-electron chi connectivity index (χ0n) is 12.9. The second-order valence-corrected chi connectivity index (χ2v) is 5.55. The van der Waals surface area contributed by atoms with Crippen LogP contribution >= 0.6 is 0 Å². The molecule has 0 atom stereocenters. The van der Waals surface area contributed by atoms with Crippen LogP contribution in [0, 0.1) is 0 Å². The van der Waals surface area contributed by atoms with Crippen molar-refractivity contribution in [3.8, 4) is 16.9 Å². The number of carboxylic acid groups (broad SMARTS) is 1. The second kappa shape index (κ2) is 6.71. The van der Waals surface area contributed by atoms with Crippen LogP contribution in [0.1, 0.15) is 5.56 Å². The molecule has 0 spiro atoms. The van der Waals surface area contributed by atoms with Crippen LogP contribution < -0.4 is 4.74 Å². The summed E-state index contributed by atoms with van der Waals surface area (Å²) in [5.41, 5.74) is 3.35. The Kier molecular flexibility index (Phi) is 4.48. The number of rotatable bonds is 5. The van der Waals surface area contributed by atoms with Crippen LogP contribution in [0.3, 0.4) is 0 Å². The van der Waals surface area contributed by atoms with Gasteiger partial charge in [-0.3, -0.25) is 0 Å². The Morgan fingerprint density at radius 3 is 2.17 bits per heavy atom. The molecule has 3 rings (SSSR count). The van der Waals surface area contributed by atoms with Gasteiger partial charge in [0.05, 0.1) is 32.9 Å². The molecule has 0 unspecified atom stereocenters. The molecule has 0 radical (unpaired) electrons. The average molecular weight is 313 g/mol. The molecule has 1 aliphatic heterocycles. The van der Waals surface area contributed by atoms with Crippen molar-refractivity contribution in [3.63, 3.8) is 0 Å². The summed E-state index contributed by atoms with van der Waals surface area (Å²) in [5.74, 6) is 0.842. The van der Waals surface area contributed by atoms with Crippen LogP contribution in [0.2, 0.25) is 0 Å². The summed E-state index contributed by atoms with van der Waals surface area (Å²) in [6.07, 6.45) is -0.874. The van der Waals surface area contributed by atoms with E-state index in [1.807, 2.05) is 36.4 Å². The van der Waals surface area contributed by atoms with Gasteiger partial charge in [0, 0.05) is 0 Å². The Balaban J connectivity index is 1.54. The fourth-order valence-corrected chi connectivity index (χ4v) is 2.49. The standard InChI is InChI=1S/C18H19NO4/c1-22-16-8-6-15(7-9-16)14-4-2-13(3-5-14)12-23-17-10-19(11-17)18(20)21/h2-9,17H,10-12H2,1H3,(H,20,21). The molecular formula is C18H19NO4. The van der Waals surface area contributed by atoms with Crippen molar-refractivity contribution >= 4 is 6.09 Å². The number of methoxy groups -OCH3 is 1. The van der Waals surface area contributed by atoms with Gasteiger partial charge in [-0.1, -0.05) is 36.4 Å². The third kappa shape index (κ3) is 3.63. The lowest BCUT2D eigenvalue weighted by atomic mass is 10.0. The normalized spacial score (nSPS) is 14.4. The first kappa shape index (κ1) is 15.4. The van der Waals surface area contributed by atoms with Gasteiger partial charge in [-0.15, -0.1) is 0 Å². The minimum absolute atomic E-state index is 0.00682. The van der Waals surface area contributed by atoms with E-state index in [1.165, 1.54) is 4.90 Å². The van der Waals surface area contributed by atoms with Gasteiger partial charge >= 0.3 is 6.09 Å². The summed E-state index contributed by atoms with van der Waals surface area (Å²) in [4.78, 5) is 12.0. The quantitative estimate of drug-likeness (QED) is 0.920. The van der Waals surface area contributed by atoms with E-state index in [0.29, 0.717) is 19.7 Å². The highest BCUT2D eigenvalue weighted by Crippen LogP contribution is 2.23. The van der Waals surface area contributed by atoms with Gasteiger partial charge in [-0.25, -0.2) is 4.79 Å². The lowest BCUT2D eigenvalue weighted by Crippen LogP contribution is -2.54. The third-order valence-corrected chi connectivity index (χ3v) is 3.98. The van der Waals surface area contributed by atoms with Crippen LogP contribution in [0.4, 0.5) is 4.79 Å². The van der Waals surface area contributed by atoms with Gasteiger partial charge in [0.25, 0.3) is 0 Å². The van der Waals surface area contributed by atoms with Crippen LogP contribution in [0.5, 0.6) is 5.75 Å². The molecule has 23 heavy (non-hydrogen) atoms. The summed E-state index contributed by atoms with van der Waals surface area (Å²) in [6, 6.07) is 16.1. The number of benzene rings is 2. The number of amides is 1. The zero-order chi connectivity index (χ0) is 16.2. The van der Waals surface area contributed by atoms with Crippen LogP contribution in [-0.4, -0.2) is 42.4 Å². The number of hydrogen-bond acceptors (Lipinski definition) is 3. The van der Waals surface area contributed by atoms with Crippen molar-refractivity contribution in [2.75, 3.05) is 20.2 Å². The summed E-state index contributed by atoms with van der Waals surface area (Å²) >= 11 is 0. The molecule has 1 aliphatic rings. The molecule has 0 aromatic heterocycles. The highest BCUT2D eigenvalue weighted by atomic mass is 16.5. The number of hydrogen-bond donors (Lipinski definition) is 1. The van der Waals surface area contributed by atoms with E-state index in [0.717, 1.165) is 22.4 Å². The molecule has 1 amide bonds. The largest absolute Gasteiger partial charge is 0.497 e. The number of nitrogens with zero attached hydrogens (tertiary/aromatic N) is 1. The highest BCUT2D eigenvalue weighted by molar-refractivity contribution is 5.66. The van der Waals surface area contributed by atoms with Gasteiger partial charge < -0.3 is 19.5 Å². The van der Waals surface area contributed by atoms with E-state index in [9.17, 15) is 4.79 Å². The Labute approximate surface area is 135 Å². The van der Waals surface area contributed by atoms with Crippen molar-refractivity contribution < 1.29 is 19.4 Å². The smallest absolute Gasteiger partial charge is 0.407 e. The molecule has 120 valence electrons. The molecule has 1 saturated heterocycles. The minimum atomic E-state index is -0.881. The Morgan fingerprint density at radius 1 is 1.09 bits per heavy atom. The Bertz CT molecular complexity index is 660. The van der Waals surface area contributed by atoms with Crippen molar-refractivity contribution in [1.29, 1.82) is 0 Å².